The average molecular weight is 453 g/mol. The minimum atomic E-state index is -2.95. The Morgan fingerprint density at radius 1 is 1.15 bits per heavy atom. The fraction of sp³-hybridized carbons (Fsp3) is 0.429. The third kappa shape index (κ3) is 5.26. The van der Waals surface area contributed by atoms with Gasteiger partial charge in [0.15, 0.2) is 0 Å². The molecule has 1 aliphatic heterocycles. The van der Waals surface area contributed by atoms with Crippen LogP contribution in [-0.2, 0) is 21.6 Å². The van der Waals surface area contributed by atoms with E-state index in [1.165, 1.54) is 17.4 Å². The first kappa shape index (κ1) is 20.2. The molecule has 0 radical (unpaired) electrons. The minimum absolute atomic E-state index is 0.140. The molecule has 0 aromatic heterocycles. The Morgan fingerprint density at radius 2 is 1.93 bits per heavy atom. The first-order valence-corrected chi connectivity index (χ1v) is 12.2. The predicted octanol–water partition coefficient (Wildman–Crippen LogP) is 4.78. The van der Waals surface area contributed by atoms with Crippen LogP contribution in [0.15, 0.2) is 36.4 Å². The van der Waals surface area contributed by atoms with Crippen molar-refractivity contribution < 1.29 is 17.9 Å². The van der Waals surface area contributed by atoms with Crippen LogP contribution in [0, 0.1) is 0 Å². The molecular formula is C21H25BrO4S. The van der Waals surface area contributed by atoms with Crippen molar-refractivity contribution in [2.45, 2.75) is 37.6 Å². The highest BCUT2D eigenvalue weighted by molar-refractivity contribution is 9.08. The van der Waals surface area contributed by atoms with Crippen molar-refractivity contribution in [3.05, 3.63) is 47.5 Å². The number of alkyl halides is 1. The third-order valence-corrected chi connectivity index (χ3v) is 6.17. The van der Waals surface area contributed by atoms with Crippen LogP contribution in [0.25, 0.3) is 11.1 Å². The summed E-state index contributed by atoms with van der Waals surface area (Å²) in [5.74, 6) is 1.80. The van der Waals surface area contributed by atoms with E-state index in [9.17, 15) is 8.42 Å². The summed E-state index contributed by atoms with van der Waals surface area (Å²) in [6.45, 7) is 4.56. The van der Waals surface area contributed by atoms with Gasteiger partial charge in [0.05, 0.1) is 12.4 Å². The molecular weight excluding hydrogens is 428 g/mol. The summed E-state index contributed by atoms with van der Waals surface area (Å²) < 4.78 is 34.6. The second-order valence-corrected chi connectivity index (χ2v) is 10.5. The summed E-state index contributed by atoms with van der Waals surface area (Å²) in [7, 11) is -2.95. The molecule has 3 rings (SSSR count). The van der Waals surface area contributed by atoms with Crippen LogP contribution in [0.2, 0.25) is 0 Å². The topological polar surface area (TPSA) is 52.6 Å². The Bertz CT molecular complexity index is 935. The van der Waals surface area contributed by atoms with E-state index >= 15 is 0 Å². The maximum Gasteiger partial charge on any atom is 0.147 e. The second kappa shape index (κ2) is 7.84. The zero-order chi connectivity index (χ0) is 19.7. The van der Waals surface area contributed by atoms with Crippen molar-refractivity contribution in [1.82, 2.24) is 0 Å². The van der Waals surface area contributed by atoms with Gasteiger partial charge in [-0.15, -0.1) is 0 Å². The quantitative estimate of drug-likeness (QED) is 0.467. The Labute approximate surface area is 169 Å². The third-order valence-electron chi connectivity index (χ3n) is 4.50. The summed E-state index contributed by atoms with van der Waals surface area (Å²) in [5, 5.41) is 0.792. The number of sulfone groups is 1. The lowest BCUT2D eigenvalue weighted by Crippen LogP contribution is -2.30. The fourth-order valence-corrected chi connectivity index (χ4v) is 4.32. The van der Waals surface area contributed by atoms with Crippen LogP contribution < -0.4 is 9.47 Å². The molecule has 1 heterocycles. The lowest BCUT2D eigenvalue weighted by Gasteiger charge is -2.25. The van der Waals surface area contributed by atoms with Gasteiger partial charge in [0.25, 0.3) is 0 Å². The van der Waals surface area contributed by atoms with Crippen LogP contribution in [0.5, 0.6) is 11.5 Å². The fourth-order valence-electron chi connectivity index (χ4n) is 3.33. The summed E-state index contributed by atoms with van der Waals surface area (Å²) in [6, 6.07) is 12.4. The van der Waals surface area contributed by atoms with Gasteiger partial charge in [-0.25, -0.2) is 8.42 Å². The van der Waals surface area contributed by atoms with E-state index in [1.54, 1.807) is 0 Å². The Hall–Kier alpha value is -1.53. The van der Waals surface area contributed by atoms with Gasteiger partial charge in [0.2, 0.25) is 0 Å². The highest BCUT2D eigenvalue weighted by Crippen LogP contribution is 2.41. The second-order valence-electron chi connectivity index (χ2n) is 7.65. The van der Waals surface area contributed by atoms with Crippen molar-refractivity contribution in [3.8, 4) is 22.6 Å². The molecule has 0 saturated heterocycles. The van der Waals surface area contributed by atoms with Gasteiger partial charge in [0, 0.05) is 23.6 Å². The van der Waals surface area contributed by atoms with Crippen LogP contribution in [0.3, 0.4) is 0 Å². The maximum atomic E-state index is 11.2. The van der Waals surface area contributed by atoms with E-state index in [-0.39, 0.29) is 11.4 Å². The molecule has 2 aromatic carbocycles. The SMILES string of the molecule is CC1(C)Cc2cc(OCCCS(C)(=O)=O)ccc2-c2cc(CBr)ccc2O1. The number of fused-ring (bicyclic) bond motifs is 3. The van der Waals surface area contributed by atoms with Crippen molar-refractivity contribution >= 4 is 25.8 Å². The number of halogens is 1. The Kier molecular flexibility index (Phi) is 5.87. The summed E-state index contributed by atoms with van der Waals surface area (Å²) in [6.07, 6.45) is 2.50. The van der Waals surface area contributed by atoms with Gasteiger partial charge in [-0.3, -0.25) is 0 Å². The van der Waals surface area contributed by atoms with Gasteiger partial charge < -0.3 is 9.47 Å². The average Bonchev–Trinajstić information content (AvgIpc) is 2.69. The van der Waals surface area contributed by atoms with Crippen molar-refractivity contribution in [3.63, 3.8) is 0 Å². The van der Waals surface area contributed by atoms with E-state index in [1.807, 2.05) is 12.1 Å². The number of hydrogen-bond donors (Lipinski definition) is 0. The summed E-state index contributed by atoms with van der Waals surface area (Å²) in [4.78, 5) is 0. The molecule has 0 unspecified atom stereocenters. The predicted molar refractivity (Wildman–Crippen MR) is 113 cm³/mol. The van der Waals surface area contributed by atoms with E-state index in [0.29, 0.717) is 13.0 Å². The standard InChI is InChI=1S/C21H25BrO4S/c1-21(2)13-16-12-17(25-9-4-10-27(3,23)24)6-7-18(16)19-11-15(14-22)5-8-20(19)26-21/h5-8,11-12H,4,9-10,13-14H2,1-3H3. The van der Waals surface area contributed by atoms with E-state index < -0.39 is 9.84 Å². The zero-order valence-electron chi connectivity index (χ0n) is 15.9. The number of hydrogen-bond acceptors (Lipinski definition) is 4. The van der Waals surface area contributed by atoms with E-state index in [0.717, 1.165) is 34.4 Å². The molecule has 146 valence electrons. The number of benzene rings is 2. The molecule has 0 spiro atoms. The van der Waals surface area contributed by atoms with Crippen molar-refractivity contribution in [2.75, 3.05) is 18.6 Å². The number of rotatable bonds is 6. The smallest absolute Gasteiger partial charge is 0.147 e. The van der Waals surface area contributed by atoms with E-state index in [2.05, 4.69) is 54.0 Å². The minimum Gasteiger partial charge on any atom is -0.494 e. The molecule has 0 saturated carbocycles. The molecule has 6 heteroatoms. The maximum absolute atomic E-state index is 11.2. The molecule has 0 amide bonds. The highest BCUT2D eigenvalue weighted by atomic mass is 79.9. The molecule has 0 N–H and O–H groups in total. The highest BCUT2D eigenvalue weighted by Gasteiger charge is 2.28. The van der Waals surface area contributed by atoms with E-state index in [4.69, 9.17) is 9.47 Å². The zero-order valence-corrected chi connectivity index (χ0v) is 18.3. The van der Waals surface area contributed by atoms with Gasteiger partial charge in [-0.2, -0.15) is 0 Å². The Morgan fingerprint density at radius 3 is 2.63 bits per heavy atom. The largest absolute Gasteiger partial charge is 0.494 e. The summed E-state index contributed by atoms with van der Waals surface area (Å²) in [5.41, 5.74) is 4.29. The molecule has 0 bridgehead atoms. The lowest BCUT2D eigenvalue weighted by atomic mass is 9.92. The molecule has 0 fully saturated rings. The van der Waals surface area contributed by atoms with Crippen LogP contribution in [0.1, 0.15) is 31.4 Å². The lowest BCUT2D eigenvalue weighted by molar-refractivity contribution is 0.113. The van der Waals surface area contributed by atoms with Crippen LogP contribution in [0.4, 0.5) is 0 Å². The molecule has 0 aliphatic carbocycles. The van der Waals surface area contributed by atoms with Gasteiger partial charge in [0.1, 0.15) is 26.9 Å². The molecule has 1 aliphatic rings. The molecule has 27 heavy (non-hydrogen) atoms. The van der Waals surface area contributed by atoms with Crippen LogP contribution >= 0.6 is 15.9 Å². The van der Waals surface area contributed by atoms with Gasteiger partial charge in [-0.05, 0) is 61.2 Å². The van der Waals surface area contributed by atoms with Crippen LogP contribution in [-0.4, -0.2) is 32.6 Å². The number of ether oxygens (including phenoxy) is 2. The van der Waals surface area contributed by atoms with Gasteiger partial charge >= 0.3 is 0 Å². The molecule has 2 aromatic rings. The summed E-state index contributed by atoms with van der Waals surface area (Å²) >= 11 is 3.52. The molecule has 0 atom stereocenters. The normalized spacial score (nSPS) is 15.3. The Balaban J connectivity index is 1.89. The van der Waals surface area contributed by atoms with Crippen molar-refractivity contribution in [1.29, 1.82) is 0 Å². The monoisotopic (exact) mass is 452 g/mol. The molecule has 4 nitrogen and oxygen atoms in total. The first-order chi connectivity index (χ1) is 12.7. The van der Waals surface area contributed by atoms with Gasteiger partial charge in [-0.1, -0.05) is 28.1 Å². The first-order valence-electron chi connectivity index (χ1n) is 8.99. The van der Waals surface area contributed by atoms with Crippen molar-refractivity contribution in [2.24, 2.45) is 0 Å².